The summed E-state index contributed by atoms with van der Waals surface area (Å²) >= 11 is 0. The van der Waals surface area contributed by atoms with Crippen LogP contribution in [0, 0.1) is 19.8 Å². The molecule has 0 unspecified atom stereocenters. The zero-order valence-electron chi connectivity index (χ0n) is 20.3. The Kier molecular flexibility index (Phi) is 5.97. The van der Waals surface area contributed by atoms with Crippen molar-refractivity contribution < 1.29 is 17.9 Å². The molecule has 0 amide bonds. The summed E-state index contributed by atoms with van der Waals surface area (Å²) in [6, 6.07) is 17.1. The van der Waals surface area contributed by atoms with Crippen molar-refractivity contribution in [1.82, 2.24) is 0 Å². The van der Waals surface area contributed by atoms with Gasteiger partial charge in [-0.1, -0.05) is 35.9 Å². The summed E-state index contributed by atoms with van der Waals surface area (Å²) in [5.74, 6) is 1.46. The molecular formula is C28H30N2O4S. The minimum atomic E-state index is -3.83. The molecule has 1 aliphatic carbocycles. The van der Waals surface area contributed by atoms with E-state index in [-0.39, 0.29) is 16.9 Å². The second kappa shape index (κ2) is 8.96. The Morgan fingerprint density at radius 2 is 1.77 bits per heavy atom. The maximum atomic E-state index is 13.3. The lowest BCUT2D eigenvalue weighted by Crippen LogP contribution is -2.30. The highest BCUT2D eigenvalue weighted by Gasteiger charge is 2.39. The molecule has 0 aromatic heterocycles. The highest BCUT2D eigenvalue weighted by atomic mass is 32.2. The van der Waals surface area contributed by atoms with Crippen LogP contribution in [0.15, 0.2) is 71.6 Å². The summed E-state index contributed by atoms with van der Waals surface area (Å²) in [5, 5.41) is 3.72. The topological polar surface area (TPSA) is 76.7 Å². The lowest BCUT2D eigenvalue weighted by atomic mass is 9.76. The number of fused-ring (bicyclic) bond motifs is 3. The van der Waals surface area contributed by atoms with Gasteiger partial charge in [-0.15, -0.1) is 0 Å². The predicted molar refractivity (Wildman–Crippen MR) is 139 cm³/mol. The van der Waals surface area contributed by atoms with Crippen molar-refractivity contribution in [2.45, 2.75) is 37.1 Å². The lowest BCUT2D eigenvalue weighted by Gasteiger charge is -2.38. The standard InChI is InChI=1S/C28H30N2O4S/c1-17-8-9-18(2)23(14-17)28-22-7-5-6-21(22)24-16-20(11-13-25(24)29-28)35(31,32)30-26-12-10-19(33-3)15-27(26)34-4/h5-6,8-16,21-22,28-30H,7H2,1-4H3/t21-,22+,28-/m0/s1. The number of benzene rings is 3. The molecule has 5 rings (SSSR count). The molecule has 0 spiro atoms. The van der Waals surface area contributed by atoms with Gasteiger partial charge in [-0.2, -0.15) is 0 Å². The lowest BCUT2D eigenvalue weighted by molar-refractivity contribution is 0.395. The Hall–Kier alpha value is -3.45. The molecule has 0 bridgehead atoms. The average Bonchev–Trinajstić information content (AvgIpc) is 3.35. The van der Waals surface area contributed by atoms with E-state index in [1.807, 2.05) is 6.07 Å². The number of ether oxygens (including phenoxy) is 2. The molecule has 6 nitrogen and oxygen atoms in total. The Balaban J connectivity index is 1.49. The van der Waals surface area contributed by atoms with Gasteiger partial charge in [-0.05, 0) is 73.2 Å². The van der Waals surface area contributed by atoms with Crippen molar-refractivity contribution in [2.24, 2.45) is 5.92 Å². The number of nitrogens with one attached hydrogen (secondary N) is 2. The summed E-state index contributed by atoms with van der Waals surface area (Å²) in [7, 11) is -0.781. The minimum Gasteiger partial charge on any atom is -0.497 e. The molecule has 2 N–H and O–H groups in total. The Bertz CT molecular complexity index is 1410. The fourth-order valence-electron chi connectivity index (χ4n) is 5.23. The normalized spacial score (nSPS) is 20.5. The van der Waals surface area contributed by atoms with E-state index in [0.717, 1.165) is 17.7 Å². The zero-order chi connectivity index (χ0) is 24.7. The number of methoxy groups -OCH3 is 2. The van der Waals surface area contributed by atoms with Crippen LogP contribution < -0.4 is 19.5 Å². The van der Waals surface area contributed by atoms with Crippen LogP contribution in [0.5, 0.6) is 11.5 Å². The van der Waals surface area contributed by atoms with Crippen LogP contribution >= 0.6 is 0 Å². The van der Waals surface area contributed by atoms with Gasteiger partial charge in [-0.25, -0.2) is 8.42 Å². The van der Waals surface area contributed by atoms with E-state index in [1.54, 1.807) is 37.4 Å². The molecule has 0 saturated heterocycles. The van der Waals surface area contributed by atoms with Gasteiger partial charge >= 0.3 is 0 Å². The van der Waals surface area contributed by atoms with Crippen LogP contribution in [0.3, 0.4) is 0 Å². The summed E-state index contributed by atoms with van der Waals surface area (Å²) in [6.45, 7) is 4.27. The molecule has 0 saturated carbocycles. The summed E-state index contributed by atoms with van der Waals surface area (Å²) in [6.07, 6.45) is 5.39. The van der Waals surface area contributed by atoms with Crippen LogP contribution in [0.25, 0.3) is 0 Å². The smallest absolute Gasteiger partial charge is 0.262 e. The number of allylic oxidation sites excluding steroid dienone is 2. The van der Waals surface area contributed by atoms with Crippen molar-refractivity contribution in [2.75, 3.05) is 24.3 Å². The van der Waals surface area contributed by atoms with Gasteiger partial charge in [-0.3, -0.25) is 4.72 Å². The first kappa shape index (κ1) is 23.3. The second-order valence-corrected chi connectivity index (χ2v) is 10.9. The fraction of sp³-hybridized carbons (Fsp3) is 0.286. The van der Waals surface area contributed by atoms with Crippen LogP contribution in [0.1, 0.15) is 40.6 Å². The average molecular weight is 491 g/mol. The van der Waals surface area contributed by atoms with Gasteiger partial charge in [0, 0.05) is 17.7 Å². The largest absolute Gasteiger partial charge is 0.497 e. The Morgan fingerprint density at radius 1 is 0.943 bits per heavy atom. The van der Waals surface area contributed by atoms with Gasteiger partial charge in [0.2, 0.25) is 0 Å². The van der Waals surface area contributed by atoms with E-state index in [0.29, 0.717) is 23.1 Å². The third kappa shape index (κ3) is 4.25. The van der Waals surface area contributed by atoms with E-state index < -0.39 is 10.0 Å². The highest BCUT2D eigenvalue weighted by Crippen LogP contribution is 2.50. The van der Waals surface area contributed by atoms with Crippen molar-refractivity contribution in [3.63, 3.8) is 0 Å². The molecule has 7 heteroatoms. The summed E-state index contributed by atoms with van der Waals surface area (Å²) in [4.78, 5) is 0.222. The van der Waals surface area contributed by atoms with Crippen molar-refractivity contribution >= 4 is 21.4 Å². The molecular weight excluding hydrogens is 460 g/mol. The van der Waals surface area contributed by atoms with E-state index in [1.165, 1.54) is 23.8 Å². The van der Waals surface area contributed by atoms with E-state index in [2.05, 4.69) is 54.2 Å². The molecule has 0 radical (unpaired) electrons. The van der Waals surface area contributed by atoms with E-state index in [9.17, 15) is 8.42 Å². The van der Waals surface area contributed by atoms with Crippen LogP contribution in [0.2, 0.25) is 0 Å². The van der Waals surface area contributed by atoms with Gasteiger partial charge < -0.3 is 14.8 Å². The molecule has 0 fully saturated rings. The number of anilines is 2. The first-order valence-electron chi connectivity index (χ1n) is 11.7. The number of aryl methyl sites for hydroxylation is 2. The van der Waals surface area contributed by atoms with Crippen LogP contribution in [-0.2, 0) is 10.0 Å². The van der Waals surface area contributed by atoms with E-state index in [4.69, 9.17) is 9.47 Å². The van der Waals surface area contributed by atoms with Crippen molar-refractivity contribution in [3.05, 3.63) is 89.0 Å². The molecule has 3 aromatic carbocycles. The predicted octanol–water partition coefficient (Wildman–Crippen LogP) is 5.95. The first-order valence-corrected chi connectivity index (χ1v) is 13.2. The third-order valence-electron chi connectivity index (χ3n) is 7.07. The second-order valence-electron chi connectivity index (χ2n) is 9.26. The first-order chi connectivity index (χ1) is 16.8. The number of sulfonamides is 1. The summed E-state index contributed by atoms with van der Waals surface area (Å²) < 4.78 is 39.9. The molecule has 35 heavy (non-hydrogen) atoms. The summed E-state index contributed by atoms with van der Waals surface area (Å²) in [5.41, 5.74) is 6.15. The maximum Gasteiger partial charge on any atom is 0.262 e. The van der Waals surface area contributed by atoms with E-state index >= 15 is 0 Å². The van der Waals surface area contributed by atoms with Crippen molar-refractivity contribution in [3.8, 4) is 11.5 Å². The van der Waals surface area contributed by atoms with Crippen LogP contribution in [-0.4, -0.2) is 22.6 Å². The molecule has 1 heterocycles. The molecule has 3 atom stereocenters. The van der Waals surface area contributed by atoms with Gasteiger partial charge in [0.05, 0.1) is 30.8 Å². The highest BCUT2D eigenvalue weighted by molar-refractivity contribution is 7.92. The van der Waals surface area contributed by atoms with Gasteiger partial charge in [0.15, 0.2) is 0 Å². The number of hydrogen-bond donors (Lipinski definition) is 2. The Morgan fingerprint density at radius 3 is 2.54 bits per heavy atom. The number of hydrogen-bond acceptors (Lipinski definition) is 5. The van der Waals surface area contributed by atoms with Crippen molar-refractivity contribution in [1.29, 1.82) is 0 Å². The maximum absolute atomic E-state index is 13.3. The third-order valence-corrected chi connectivity index (χ3v) is 8.43. The molecule has 3 aromatic rings. The quantitative estimate of drug-likeness (QED) is 0.418. The fourth-order valence-corrected chi connectivity index (χ4v) is 6.33. The Labute approximate surface area is 207 Å². The molecule has 1 aliphatic heterocycles. The molecule has 2 aliphatic rings. The SMILES string of the molecule is COc1ccc(NS(=O)(=O)c2ccc3c(c2)[C@H]2C=CC[C@H]2[C@@H](c2cc(C)ccc2C)N3)c(OC)c1. The number of rotatable bonds is 6. The van der Waals surface area contributed by atoms with Gasteiger partial charge in [0.25, 0.3) is 10.0 Å². The van der Waals surface area contributed by atoms with Crippen LogP contribution in [0.4, 0.5) is 11.4 Å². The minimum absolute atomic E-state index is 0.154. The molecule has 182 valence electrons. The monoisotopic (exact) mass is 490 g/mol. The van der Waals surface area contributed by atoms with Gasteiger partial charge in [0.1, 0.15) is 11.5 Å². The zero-order valence-corrected chi connectivity index (χ0v) is 21.1.